The van der Waals surface area contributed by atoms with Gasteiger partial charge in [0.05, 0.1) is 21.8 Å². The number of aromatic nitrogens is 2. The molecular formula is C24H21N3O5S2. The first-order valence-electron chi connectivity index (χ1n) is 10.6. The first-order valence-corrected chi connectivity index (χ1v) is 12.9. The Balaban J connectivity index is 1.38. The van der Waals surface area contributed by atoms with E-state index in [9.17, 15) is 18.0 Å². The Hall–Kier alpha value is -3.50. The van der Waals surface area contributed by atoms with Crippen molar-refractivity contribution in [2.45, 2.75) is 37.8 Å². The van der Waals surface area contributed by atoms with Crippen LogP contribution < -0.4 is 9.86 Å². The molecule has 0 radical (unpaired) electrons. The van der Waals surface area contributed by atoms with Gasteiger partial charge in [0, 0.05) is 23.2 Å². The van der Waals surface area contributed by atoms with Crippen LogP contribution in [-0.4, -0.2) is 29.8 Å². The number of hydrogen-bond acceptors (Lipinski definition) is 7. The summed E-state index contributed by atoms with van der Waals surface area (Å²) in [4.78, 5) is 29.9. The van der Waals surface area contributed by atoms with Crippen LogP contribution in [0, 0.1) is 6.92 Å². The number of hydrogen-bond donors (Lipinski definition) is 0. The number of carbonyl (C=O) groups is 1. The largest absolute Gasteiger partial charge is 0.456 e. The second kappa shape index (κ2) is 8.37. The molecule has 0 N–H and O–H groups in total. The SMILES string of the molecule is Cc1csc2nc(COC(=O)c3cccc(S(=O)(=O)N4c5ccccc5CC4C)c3)cc(=O)n12. The molecule has 10 heteroatoms. The Morgan fingerprint density at radius 3 is 2.79 bits per heavy atom. The van der Waals surface area contributed by atoms with Gasteiger partial charge in [-0.15, -0.1) is 11.3 Å². The predicted octanol–water partition coefficient (Wildman–Crippen LogP) is 3.56. The molecule has 0 bridgehead atoms. The lowest BCUT2D eigenvalue weighted by atomic mass is 10.1. The van der Waals surface area contributed by atoms with Crippen LogP contribution >= 0.6 is 11.3 Å². The molecule has 1 aliphatic rings. The molecule has 8 nitrogen and oxygen atoms in total. The van der Waals surface area contributed by atoms with E-state index in [4.69, 9.17) is 4.74 Å². The van der Waals surface area contributed by atoms with Gasteiger partial charge in [0.15, 0.2) is 4.96 Å². The molecule has 34 heavy (non-hydrogen) atoms. The summed E-state index contributed by atoms with van der Waals surface area (Å²) in [6.07, 6.45) is 0.623. The van der Waals surface area contributed by atoms with Gasteiger partial charge in [-0.1, -0.05) is 24.3 Å². The molecule has 0 spiro atoms. The zero-order valence-corrected chi connectivity index (χ0v) is 20.1. The molecule has 1 atom stereocenters. The van der Waals surface area contributed by atoms with Crippen LogP contribution in [0.15, 0.2) is 69.7 Å². The summed E-state index contributed by atoms with van der Waals surface area (Å²) in [7, 11) is -3.88. The molecule has 2 aromatic carbocycles. The molecule has 0 saturated heterocycles. The number of nitrogens with zero attached hydrogens (tertiary/aromatic N) is 3. The van der Waals surface area contributed by atoms with Crippen LogP contribution in [0.3, 0.4) is 0 Å². The Labute approximate surface area is 200 Å². The molecule has 0 saturated carbocycles. The monoisotopic (exact) mass is 495 g/mol. The van der Waals surface area contributed by atoms with Gasteiger partial charge in [-0.05, 0) is 50.1 Å². The summed E-state index contributed by atoms with van der Waals surface area (Å²) in [6.45, 7) is 3.47. The third-order valence-electron chi connectivity index (χ3n) is 5.75. The first-order chi connectivity index (χ1) is 16.3. The van der Waals surface area contributed by atoms with E-state index in [0.29, 0.717) is 22.8 Å². The average Bonchev–Trinajstić information content (AvgIpc) is 3.36. The second-order valence-electron chi connectivity index (χ2n) is 8.17. The van der Waals surface area contributed by atoms with Gasteiger partial charge >= 0.3 is 5.97 Å². The predicted molar refractivity (Wildman–Crippen MR) is 129 cm³/mol. The zero-order chi connectivity index (χ0) is 24.0. The highest BCUT2D eigenvalue weighted by molar-refractivity contribution is 7.92. The summed E-state index contributed by atoms with van der Waals surface area (Å²) in [5.41, 5.74) is 2.59. The molecule has 0 amide bonds. The number of ether oxygens (including phenoxy) is 1. The number of anilines is 1. The molecule has 3 heterocycles. The van der Waals surface area contributed by atoms with Crippen molar-refractivity contribution in [3.05, 3.63) is 92.8 Å². The highest BCUT2D eigenvalue weighted by Gasteiger charge is 2.36. The third kappa shape index (κ3) is 3.78. The van der Waals surface area contributed by atoms with Crippen molar-refractivity contribution >= 4 is 38.0 Å². The maximum atomic E-state index is 13.5. The number of carbonyl (C=O) groups excluding carboxylic acids is 1. The lowest BCUT2D eigenvalue weighted by molar-refractivity contribution is 0.0467. The molecule has 1 aliphatic heterocycles. The lowest BCUT2D eigenvalue weighted by Crippen LogP contribution is -2.35. The minimum Gasteiger partial charge on any atom is -0.456 e. The molecular weight excluding hydrogens is 474 g/mol. The van der Waals surface area contributed by atoms with Crippen molar-refractivity contribution in [2.24, 2.45) is 0 Å². The van der Waals surface area contributed by atoms with Gasteiger partial charge in [-0.25, -0.2) is 18.2 Å². The van der Waals surface area contributed by atoms with E-state index in [1.165, 1.54) is 50.4 Å². The standard InChI is InChI=1S/C24H21N3O5S2/c1-15-10-17-6-3-4-9-21(17)27(15)34(30,31)20-8-5-7-18(11-20)23(29)32-13-19-12-22(28)26-16(2)14-33-24(26)25-19/h3-9,11-12,14-15H,10,13H2,1-2H3. The summed E-state index contributed by atoms with van der Waals surface area (Å²) in [5.74, 6) is -0.698. The first kappa shape index (κ1) is 22.3. The number of esters is 1. The van der Waals surface area contributed by atoms with E-state index in [1.54, 1.807) is 6.07 Å². The fourth-order valence-corrected chi connectivity index (χ4v) is 6.83. The Morgan fingerprint density at radius 1 is 1.18 bits per heavy atom. The molecule has 0 fully saturated rings. The fraction of sp³-hybridized carbons (Fsp3) is 0.208. The van der Waals surface area contributed by atoms with Gasteiger partial charge in [-0.3, -0.25) is 13.5 Å². The van der Waals surface area contributed by atoms with Crippen LogP contribution in [0.5, 0.6) is 0 Å². The highest BCUT2D eigenvalue weighted by atomic mass is 32.2. The fourth-order valence-electron chi connectivity index (χ4n) is 4.20. The van der Waals surface area contributed by atoms with Crippen LogP contribution in [0.25, 0.3) is 4.96 Å². The Bertz CT molecular complexity index is 1590. The Morgan fingerprint density at radius 2 is 1.97 bits per heavy atom. The van der Waals surface area contributed by atoms with Crippen molar-refractivity contribution in [1.82, 2.24) is 9.38 Å². The van der Waals surface area contributed by atoms with Gasteiger partial charge < -0.3 is 4.74 Å². The molecule has 0 aliphatic carbocycles. The van der Waals surface area contributed by atoms with Crippen molar-refractivity contribution in [2.75, 3.05) is 4.31 Å². The van der Waals surface area contributed by atoms with Gasteiger partial charge in [0.2, 0.25) is 0 Å². The van der Waals surface area contributed by atoms with Gasteiger partial charge in [0.25, 0.3) is 15.6 Å². The second-order valence-corrected chi connectivity index (χ2v) is 10.8. The number of para-hydroxylation sites is 1. The van der Waals surface area contributed by atoms with Crippen LogP contribution in [0.1, 0.15) is 34.2 Å². The number of aryl methyl sites for hydroxylation is 1. The minimum atomic E-state index is -3.88. The van der Waals surface area contributed by atoms with E-state index in [0.717, 1.165) is 11.3 Å². The van der Waals surface area contributed by atoms with Crippen molar-refractivity contribution in [1.29, 1.82) is 0 Å². The van der Waals surface area contributed by atoms with E-state index < -0.39 is 16.0 Å². The zero-order valence-electron chi connectivity index (χ0n) is 18.5. The van der Waals surface area contributed by atoms with E-state index in [1.807, 2.05) is 37.4 Å². The molecule has 5 rings (SSSR count). The number of rotatable bonds is 5. The van der Waals surface area contributed by atoms with Gasteiger partial charge in [0.1, 0.15) is 6.61 Å². The lowest BCUT2D eigenvalue weighted by Gasteiger charge is -2.24. The maximum Gasteiger partial charge on any atom is 0.338 e. The number of benzene rings is 2. The van der Waals surface area contributed by atoms with E-state index in [2.05, 4.69) is 4.98 Å². The molecule has 174 valence electrons. The molecule has 1 unspecified atom stereocenters. The summed E-state index contributed by atoms with van der Waals surface area (Å²) < 4.78 is 35.1. The molecule has 2 aromatic heterocycles. The summed E-state index contributed by atoms with van der Waals surface area (Å²) in [6, 6.07) is 14.3. The van der Waals surface area contributed by atoms with Crippen LogP contribution in [0.2, 0.25) is 0 Å². The van der Waals surface area contributed by atoms with Crippen molar-refractivity contribution < 1.29 is 17.9 Å². The maximum absolute atomic E-state index is 13.5. The number of thiazole rings is 1. The molecule has 4 aromatic rings. The van der Waals surface area contributed by atoms with E-state index in [-0.39, 0.29) is 28.7 Å². The van der Waals surface area contributed by atoms with Crippen molar-refractivity contribution in [3.8, 4) is 0 Å². The number of fused-ring (bicyclic) bond motifs is 2. The topological polar surface area (TPSA) is 98.0 Å². The minimum absolute atomic E-state index is 0.0114. The summed E-state index contributed by atoms with van der Waals surface area (Å²) >= 11 is 1.32. The van der Waals surface area contributed by atoms with Crippen LogP contribution in [-0.2, 0) is 27.8 Å². The number of sulfonamides is 1. The summed E-state index contributed by atoms with van der Waals surface area (Å²) in [5, 5.41) is 1.82. The van der Waals surface area contributed by atoms with E-state index >= 15 is 0 Å². The highest BCUT2D eigenvalue weighted by Crippen LogP contribution is 2.36. The quantitative estimate of drug-likeness (QED) is 0.393. The van der Waals surface area contributed by atoms with Crippen LogP contribution in [0.4, 0.5) is 5.69 Å². The third-order valence-corrected chi connectivity index (χ3v) is 8.62. The van der Waals surface area contributed by atoms with Crippen molar-refractivity contribution in [3.63, 3.8) is 0 Å². The normalized spacial score (nSPS) is 15.5. The van der Waals surface area contributed by atoms with Gasteiger partial charge in [-0.2, -0.15) is 0 Å². The Kier molecular flexibility index (Phi) is 5.49. The average molecular weight is 496 g/mol. The smallest absolute Gasteiger partial charge is 0.338 e.